The molecule has 0 saturated carbocycles. The lowest BCUT2D eigenvalue weighted by atomic mass is 10.1. The second-order valence-corrected chi connectivity index (χ2v) is 5.98. The van der Waals surface area contributed by atoms with Crippen LogP contribution in [0, 0.1) is 5.82 Å². The molecule has 0 unspecified atom stereocenters. The first-order valence-electron chi connectivity index (χ1n) is 8.38. The number of aliphatic hydroxyl groups is 1. The topological polar surface area (TPSA) is 78.9 Å². The van der Waals surface area contributed by atoms with Crippen molar-refractivity contribution in [2.45, 2.75) is 0 Å². The Morgan fingerprint density at radius 3 is 2.59 bits per heavy atom. The third-order valence-corrected chi connectivity index (χ3v) is 4.29. The van der Waals surface area contributed by atoms with Gasteiger partial charge in [-0.15, -0.1) is 0 Å². The van der Waals surface area contributed by atoms with Gasteiger partial charge in [0.2, 0.25) is 0 Å². The van der Waals surface area contributed by atoms with E-state index in [4.69, 9.17) is 9.84 Å². The molecule has 2 N–H and O–H groups in total. The highest BCUT2D eigenvalue weighted by atomic mass is 19.1. The van der Waals surface area contributed by atoms with E-state index in [1.54, 1.807) is 6.07 Å². The van der Waals surface area contributed by atoms with Crippen molar-refractivity contribution in [1.29, 1.82) is 0 Å². The summed E-state index contributed by atoms with van der Waals surface area (Å²) in [6.45, 7) is -0.175. The Hall–Kier alpha value is -3.19. The number of aliphatic hydroxyl groups excluding tert-OH is 1. The summed E-state index contributed by atoms with van der Waals surface area (Å²) in [7, 11) is 1.21. The highest BCUT2D eigenvalue weighted by molar-refractivity contribution is 6.08. The maximum Gasteiger partial charge on any atom is 0.337 e. The molecule has 0 spiro atoms. The van der Waals surface area contributed by atoms with Gasteiger partial charge in [0.1, 0.15) is 11.5 Å². The molecule has 1 amide bonds. The highest BCUT2D eigenvalue weighted by Gasteiger charge is 2.34. The summed E-state index contributed by atoms with van der Waals surface area (Å²) in [5.74, 6) is -1.72. The standard InChI is InChI=1S/C20H19FN2O4/c1-27-20(26)15-12-23(9-10-24)19(25)18(15)22-17-8-7-14(11-16(17)21)13-5-3-2-4-6-13/h2-8,11,22,24H,9-10,12H2,1H3. The molecule has 7 heteroatoms. The number of anilines is 1. The number of benzene rings is 2. The van der Waals surface area contributed by atoms with Crippen LogP contribution >= 0.6 is 0 Å². The SMILES string of the molecule is COC(=O)C1=C(Nc2ccc(-c3ccccc3)cc2F)C(=O)N(CCO)C1. The Morgan fingerprint density at radius 1 is 1.22 bits per heavy atom. The fraction of sp³-hybridized carbons (Fsp3) is 0.200. The summed E-state index contributed by atoms with van der Waals surface area (Å²) < 4.78 is 19.3. The number of hydrogen-bond acceptors (Lipinski definition) is 5. The summed E-state index contributed by atoms with van der Waals surface area (Å²) in [6, 6.07) is 13.9. The first-order valence-corrected chi connectivity index (χ1v) is 8.38. The molecule has 140 valence electrons. The van der Waals surface area contributed by atoms with Gasteiger partial charge < -0.3 is 20.1 Å². The van der Waals surface area contributed by atoms with Crippen LogP contribution in [-0.2, 0) is 14.3 Å². The maximum absolute atomic E-state index is 14.6. The summed E-state index contributed by atoms with van der Waals surface area (Å²) in [6.07, 6.45) is 0. The Bertz CT molecular complexity index is 896. The minimum absolute atomic E-state index is 0.00187. The molecule has 0 aromatic heterocycles. The van der Waals surface area contributed by atoms with Crippen molar-refractivity contribution in [1.82, 2.24) is 4.90 Å². The van der Waals surface area contributed by atoms with E-state index >= 15 is 0 Å². The van der Waals surface area contributed by atoms with Gasteiger partial charge in [-0.1, -0.05) is 36.4 Å². The van der Waals surface area contributed by atoms with Gasteiger partial charge in [-0.2, -0.15) is 0 Å². The predicted molar refractivity (Wildman–Crippen MR) is 98.2 cm³/mol. The number of nitrogens with one attached hydrogen (secondary N) is 1. The van der Waals surface area contributed by atoms with E-state index in [0.717, 1.165) is 5.56 Å². The van der Waals surface area contributed by atoms with E-state index in [-0.39, 0.29) is 36.7 Å². The average molecular weight is 370 g/mol. The largest absolute Gasteiger partial charge is 0.466 e. The lowest BCUT2D eigenvalue weighted by Gasteiger charge is -2.15. The highest BCUT2D eigenvalue weighted by Crippen LogP contribution is 2.27. The van der Waals surface area contributed by atoms with Crippen LogP contribution in [0.5, 0.6) is 0 Å². The van der Waals surface area contributed by atoms with Crippen LogP contribution in [-0.4, -0.2) is 48.7 Å². The number of esters is 1. The van der Waals surface area contributed by atoms with Crippen LogP contribution in [0.1, 0.15) is 0 Å². The van der Waals surface area contributed by atoms with E-state index in [2.05, 4.69) is 5.32 Å². The van der Waals surface area contributed by atoms with E-state index in [9.17, 15) is 14.0 Å². The molecular formula is C20H19FN2O4. The van der Waals surface area contributed by atoms with Crippen LogP contribution in [0.3, 0.4) is 0 Å². The fourth-order valence-corrected chi connectivity index (χ4v) is 2.91. The molecule has 0 saturated heterocycles. The molecule has 2 aromatic carbocycles. The quantitative estimate of drug-likeness (QED) is 0.762. The van der Waals surface area contributed by atoms with Gasteiger partial charge in [0.15, 0.2) is 0 Å². The Balaban J connectivity index is 1.90. The third-order valence-electron chi connectivity index (χ3n) is 4.29. The molecular weight excluding hydrogens is 351 g/mol. The zero-order valence-corrected chi connectivity index (χ0v) is 14.7. The van der Waals surface area contributed by atoms with Crippen molar-refractivity contribution in [3.05, 3.63) is 65.6 Å². The molecule has 1 heterocycles. The minimum Gasteiger partial charge on any atom is -0.466 e. The summed E-state index contributed by atoms with van der Waals surface area (Å²) in [4.78, 5) is 25.8. The van der Waals surface area contributed by atoms with Crippen molar-refractivity contribution in [3.63, 3.8) is 0 Å². The van der Waals surface area contributed by atoms with Crippen LogP contribution in [0.25, 0.3) is 11.1 Å². The van der Waals surface area contributed by atoms with Gasteiger partial charge in [-0.25, -0.2) is 9.18 Å². The number of methoxy groups -OCH3 is 1. The third kappa shape index (κ3) is 3.83. The molecule has 1 aliphatic heterocycles. The van der Waals surface area contributed by atoms with Gasteiger partial charge in [0.25, 0.3) is 5.91 Å². The van der Waals surface area contributed by atoms with Crippen molar-refractivity contribution >= 4 is 17.6 Å². The van der Waals surface area contributed by atoms with Gasteiger partial charge in [0, 0.05) is 6.54 Å². The first-order chi connectivity index (χ1) is 13.0. The zero-order chi connectivity index (χ0) is 19.4. The van der Waals surface area contributed by atoms with Crippen molar-refractivity contribution in [2.75, 3.05) is 32.1 Å². The van der Waals surface area contributed by atoms with E-state index in [0.29, 0.717) is 5.56 Å². The van der Waals surface area contributed by atoms with Gasteiger partial charge in [-0.05, 0) is 23.3 Å². The van der Waals surface area contributed by atoms with Gasteiger partial charge >= 0.3 is 5.97 Å². The van der Waals surface area contributed by atoms with Crippen LogP contribution in [0.15, 0.2) is 59.8 Å². The van der Waals surface area contributed by atoms with Crippen molar-refractivity contribution in [2.24, 2.45) is 0 Å². The lowest BCUT2D eigenvalue weighted by molar-refractivity contribution is -0.136. The van der Waals surface area contributed by atoms with Crippen LogP contribution in [0.4, 0.5) is 10.1 Å². The van der Waals surface area contributed by atoms with Gasteiger partial charge in [0.05, 0.1) is 31.5 Å². The Morgan fingerprint density at radius 2 is 1.96 bits per heavy atom. The minimum atomic E-state index is -0.674. The first kappa shape index (κ1) is 18.6. The summed E-state index contributed by atoms with van der Waals surface area (Å²) >= 11 is 0. The number of rotatable bonds is 6. The molecule has 0 radical (unpaired) electrons. The molecule has 2 aromatic rings. The number of carbonyl (C=O) groups is 2. The van der Waals surface area contributed by atoms with Crippen LogP contribution in [0.2, 0.25) is 0 Å². The number of ether oxygens (including phenoxy) is 1. The maximum atomic E-state index is 14.6. The number of hydrogen-bond donors (Lipinski definition) is 2. The van der Waals surface area contributed by atoms with Crippen LogP contribution < -0.4 is 5.32 Å². The monoisotopic (exact) mass is 370 g/mol. The summed E-state index contributed by atoms with van der Waals surface area (Å²) in [5.41, 5.74) is 1.69. The van der Waals surface area contributed by atoms with Crippen molar-refractivity contribution in [3.8, 4) is 11.1 Å². The molecule has 3 rings (SSSR count). The molecule has 6 nitrogen and oxygen atoms in total. The number of β-amino-alcohol motifs (C(OH)–C–C–N with tert-alkyl or cyclic N) is 1. The van der Waals surface area contributed by atoms with Crippen molar-refractivity contribution < 1.29 is 23.8 Å². The molecule has 0 atom stereocenters. The normalized spacial score (nSPS) is 13.9. The molecule has 0 fully saturated rings. The second kappa shape index (κ2) is 8.01. The number of nitrogens with zero attached hydrogens (tertiary/aromatic N) is 1. The molecule has 1 aliphatic rings. The van der Waals surface area contributed by atoms with E-state index in [1.165, 1.54) is 24.1 Å². The van der Waals surface area contributed by atoms with Gasteiger partial charge in [-0.3, -0.25) is 4.79 Å². The number of amides is 1. The molecule has 27 heavy (non-hydrogen) atoms. The second-order valence-electron chi connectivity index (χ2n) is 5.98. The number of carbonyl (C=O) groups excluding carboxylic acids is 2. The molecule has 0 aliphatic carbocycles. The summed E-state index contributed by atoms with van der Waals surface area (Å²) in [5, 5.41) is 11.8. The number of halogens is 1. The fourth-order valence-electron chi connectivity index (χ4n) is 2.91. The van der Waals surface area contributed by atoms with E-state index in [1.807, 2.05) is 30.3 Å². The Labute approximate surface area is 155 Å². The Kier molecular flexibility index (Phi) is 5.52. The smallest absolute Gasteiger partial charge is 0.337 e. The zero-order valence-electron chi connectivity index (χ0n) is 14.7. The average Bonchev–Trinajstić information content (AvgIpc) is 2.99. The predicted octanol–water partition coefficient (Wildman–Crippen LogP) is 2.17. The lowest BCUT2D eigenvalue weighted by Crippen LogP contribution is -2.31. The van der Waals surface area contributed by atoms with E-state index < -0.39 is 17.7 Å². The molecule has 0 bridgehead atoms.